The van der Waals surface area contributed by atoms with Crippen LogP contribution in [-0.2, 0) is 0 Å². The standard InChI is InChI=1S/C10H16N2OS/c11-9-4-2-1-3-8(9)10(13)7-5-12-14-6-7/h5-6,8-10,13H,1-4,11H2. The lowest BCUT2D eigenvalue weighted by atomic mass is 9.80. The van der Waals surface area contributed by atoms with Gasteiger partial charge >= 0.3 is 0 Å². The summed E-state index contributed by atoms with van der Waals surface area (Å²) in [6, 6.07) is 0.152. The highest BCUT2D eigenvalue weighted by atomic mass is 32.1. The molecular formula is C10H16N2OS. The molecule has 2 rings (SSSR count). The first-order chi connectivity index (χ1) is 6.79. The van der Waals surface area contributed by atoms with Crippen molar-refractivity contribution in [1.29, 1.82) is 0 Å². The lowest BCUT2D eigenvalue weighted by Crippen LogP contribution is -2.36. The number of hydrogen-bond acceptors (Lipinski definition) is 4. The van der Waals surface area contributed by atoms with Crippen LogP contribution in [0.5, 0.6) is 0 Å². The summed E-state index contributed by atoms with van der Waals surface area (Å²) in [4.78, 5) is 0. The quantitative estimate of drug-likeness (QED) is 0.784. The second-order valence-electron chi connectivity index (χ2n) is 4.01. The molecule has 0 saturated heterocycles. The zero-order valence-corrected chi connectivity index (χ0v) is 8.91. The molecule has 1 aromatic heterocycles. The van der Waals surface area contributed by atoms with Gasteiger partial charge in [-0.1, -0.05) is 12.8 Å². The molecule has 0 amide bonds. The van der Waals surface area contributed by atoms with Gasteiger partial charge in [0.25, 0.3) is 0 Å². The maximum absolute atomic E-state index is 10.1. The van der Waals surface area contributed by atoms with Crippen LogP contribution < -0.4 is 5.73 Å². The number of aliphatic hydroxyl groups excluding tert-OH is 1. The molecule has 4 heteroatoms. The molecule has 0 aromatic carbocycles. The van der Waals surface area contributed by atoms with Crippen LogP contribution in [0.1, 0.15) is 37.4 Å². The van der Waals surface area contributed by atoms with Crippen LogP contribution in [0.25, 0.3) is 0 Å². The molecule has 1 aliphatic carbocycles. The number of aromatic nitrogens is 1. The van der Waals surface area contributed by atoms with Crippen molar-refractivity contribution in [2.75, 3.05) is 0 Å². The number of hydrogen-bond donors (Lipinski definition) is 2. The Morgan fingerprint density at radius 1 is 1.50 bits per heavy atom. The zero-order chi connectivity index (χ0) is 9.97. The van der Waals surface area contributed by atoms with Gasteiger partial charge in [-0.25, -0.2) is 4.37 Å². The van der Waals surface area contributed by atoms with Crippen LogP contribution in [0.3, 0.4) is 0 Å². The second kappa shape index (κ2) is 4.38. The van der Waals surface area contributed by atoms with Crippen LogP contribution in [0.4, 0.5) is 0 Å². The zero-order valence-electron chi connectivity index (χ0n) is 8.10. The Hall–Kier alpha value is -0.450. The molecule has 1 aromatic rings. The normalized spacial score (nSPS) is 30.1. The lowest BCUT2D eigenvalue weighted by molar-refractivity contribution is 0.0724. The first-order valence-corrected chi connectivity index (χ1v) is 5.95. The summed E-state index contributed by atoms with van der Waals surface area (Å²) in [5, 5.41) is 12.0. The van der Waals surface area contributed by atoms with Crippen molar-refractivity contribution in [2.45, 2.75) is 37.8 Å². The van der Waals surface area contributed by atoms with Crippen LogP contribution in [-0.4, -0.2) is 15.5 Å². The van der Waals surface area contributed by atoms with Crippen molar-refractivity contribution in [2.24, 2.45) is 11.7 Å². The minimum absolute atomic E-state index is 0.152. The van der Waals surface area contributed by atoms with Crippen molar-refractivity contribution in [3.8, 4) is 0 Å². The van der Waals surface area contributed by atoms with E-state index < -0.39 is 6.10 Å². The molecule has 3 N–H and O–H groups in total. The second-order valence-corrected chi connectivity index (χ2v) is 4.67. The van der Waals surface area contributed by atoms with E-state index in [1.165, 1.54) is 24.4 Å². The van der Waals surface area contributed by atoms with Gasteiger partial charge in [0.05, 0.1) is 6.10 Å². The number of nitrogens with two attached hydrogens (primary N) is 1. The van der Waals surface area contributed by atoms with Gasteiger partial charge in [0.2, 0.25) is 0 Å². The van der Waals surface area contributed by atoms with E-state index in [1.807, 2.05) is 5.38 Å². The third kappa shape index (κ3) is 1.97. The third-order valence-corrected chi connectivity index (χ3v) is 3.68. The SMILES string of the molecule is NC1CCCCC1C(O)c1cnsc1. The van der Waals surface area contributed by atoms with Gasteiger partial charge in [-0.05, 0) is 24.4 Å². The van der Waals surface area contributed by atoms with Crippen LogP contribution in [0, 0.1) is 5.92 Å². The fourth-order valence-electron chi connectivity index (χ4n) is 2.19. The largest absolute Gasteiger partial charge is 0.388 e. The molecule has 0 spiro atoms. The summed E-state index contributed by atoms with van der Waals surface area (Å²) in [7, 11) is 0. The summed E-state index contributed by atoms with van der Waals surface area (Å²) < 4.78 is 4.00. The van der Waals surface area contributed by atoms with E-state index in [1.54, 1.807) is 6.20 Å². The maximum Gasteiger partial charge on any atom is 0.0856 e. The molecule has 0 radical (unpaired) electrons. The molecule has 1 heterocycles. The summed E-state index contributed by atoms with van der Waals surface area (Å²) in [5.41, 5.74) is 6.94. The van der Waals surface area contributed by atoms with Gasteiger partial charge < -0.3 is 10.8 Å². The van der Waals surface area contributed by atoms with E-state index in [0.29, 0.717) is 0 Å². The molecule has 1 fully saturated rings. The first kappa shape index (κ1) is 10.1. The third-order valence-electron chi connectivity index (χ3n) is 3.07. The van der Waals surface area contributed by atoms with Crippen molar-refractivity contribution in [3.05, 3.63) is 17.1 Å². The Labute approximate surface area is 88.1 Å². The molecule has 0 bridgehead atoms. The molecule has 3 atom stereocenters. The summed E-state index contributed by atoms with van der Waals surface area (Å²) >= 11 is 1.38. The molecule has 14 heavy (non-hydrogen) atoms. The van der Waals surface area contributed by atoms with E-state index in [-0.39, 0.29) is 12.0 Å². The van der Waals surface area contributed by atoms with Gasteiger partial charge in [0, 0.05) is 29.1 Å². The Balaban J connectivity index is 2.06. The summed E-state index contributed by atoms with van der Waals surface area (Å²) in [6.07, 6.45) is 5.80. The smallest absolute Gasteiger partial charge is 0.0856 e. The average Bonchev–Trinajstić information content (AvgIpc) is 2.70. The number of rotatable bonds is 2. The Kier molecular flexibility index (Phi) is 3.15. The highest BCUT2D eigenvalue weighted by Crippen LogP contribution is 2.33. The van der Waals surface area contributed by atoms with Gasteiger partial charge in [0.1, 0.15) is 0 Å². The van der Waals surface area contributed by atoms with Crippen LogP contribution >= 0.6 is 11.5 Å². The van der Waals surface area contributed by atoms with E-state index in [4.69, 9.17) is 5.73 Å². The molecule has 3 unspecified atom stereocenters. The highest BCUT2D eigenvalue weighted by molar-refractivity contribution is 7.03. The Morgan fingerprint density at radius 3 is 2.93 bits per heavy atom. The Morgan fingerprint density at radius 2 is 2.29 bits per heavy atom. The number of aliphatic hydroxyl groups is 1. The van der Waals surface area contributed by atoms with E-state index in [2.05, 4.69) is 4.37 Å². The Bertz CT molecular complexity index is 276. The molecule has 0 aliphatic heterocycles. The molecular weight excluding hydrogens is 196 g/mol. The van der Waals surface area contributed by atoms with Crippen LogP contribution in [0.2, 0.25) is 0 Å². The van der Waals surface area contributed by atoms with Gasteiger partial charge in [-0.3, -0.25) is 0 Å². The predicted octanol–water partition coefficient (Wildman–Crippen LogP) is 1.69. The fourth-order valence-corrected chi connectivity index (χ4v) is 2.75. The molecule has 78 valence electrons. The monoisotopic (exact) mass is 212 g/mol. The number of nitrogens with zero attached hydrogens (tertiary/aromatic N) is 1. The van der Waals surface area contributed by atoms with Crippen molar-refractivity contribution in [3.63, 3.8) is 0 Å². The van der Waals surface area contributed by atoms with Crippen LogP contribution in [0.15, 0.2) is 11.6 Å². The van der Waals surface area contributed by atoms with Crippen molar-refractivity contribution >= 4 is 11.5 Å². The molecule has 1 aliphatic rings. The fraction of sp³-hybridized carbons (Fsp3) is 0.700. The van der Waals surface area contributed by atoms with Gasteiger partial charge in [-0.15, -0.1) is 0 Å². The summed E-state index contributed by atoms with van der Waals surface area (Å²) in [5.74, 6) is 0.222. The highest BCUT2D eigenvalue weighted by Gasteiger charge is 2.29. The lowest BCUT2D eigenvalue weighted by Gasteiger charge is -2.31. The maximum atomic E-state index is 10.1. The molecule has 3 nitrogen and oxygen atoms in total. The average molecular weight is 212 g/mol. The molecule has 1 saturated carbocycles. The van der Waals surface area contributed by atoms with Gasteiger partial charge in [0.15, 0.2) is 0 Å². The minimum atomic E-state index is -0.413. The first-order valence-electron chi connectivity index (χ1n) is 5.12. The van der Waals surface area contributed by atoms with Crippen molar-refractivity contribution in [1.82, 2.24) is 4.37 Å². The van der Waals surface area contributed by atoms with E-state index in [9.17, 15) is 5.11 Å². The van der Waals surface area contributed by atoms with Crippen molar-refractivity contribution < 1.29 is 5.11 Å². The van der Waals surface area contributed by atoms with E-state index >= 15 is 0 Å². The predicted molar refractivity (Wildman–Crippen MR) is 57.0 cm³/mol. The minimum Gasteiger partial charge on any atom is -0.388 e. The van der Waals surface area contributed by atoms with Gasteiger partial charge in [-0.2, -0.15) is 0 Å². The van der Waals surface area contributed by atoms with E-state index in [0.717, 1.165) is 18.4 Å². The topological polar surface area (TPSA) is 59.1 Å². The summed E-state index contributed by atoms with van der Waals surface area (Å²) in [6.45, 7) is 0.